The Hall–Kier alpha value is -4.59. The fraction of sp³-hybridized carbons (Fsp3) is 0.179. The average Bonchev–Trinajstić information content (AvgIpc) is 3.41. The van der Waals surface area contributed by atoms with Crippen LogP contribution in [0.15, 0.2) is 76.7 Å². The van der Waals surface area contributed by atoms with Gasteiger partial charge in [-0.05, 0) is 17.7 Å². The second-order valence-electron chi connectivity index (χ2n) is 7.87. The van der Waals surface area contributed by atoms with Gasteiger partial charge >= 0.3 is 0 Å². The van der Waals surface area contributed by atoms with Crippen molar-refractivity contribution < 1.29 is 32.8 Å². The van der Waals surface area contributed by atoms with Gasteiger partial charge in [0.25, 0.3) is 0 Å². The highest BCUT2D eigenvalue weighted by molar-refractivity contribution is 5.87. The molecule has 0 unspecified atom stereocenters. The Morgan fingerprint density at radius 3 is 2.44 bits per heavy atom. The molecular formula is C28H24O8. The molecule has 1 aliphatic heterocycles. The van der Waals surface area contributed by atoms with E-state index in [0.717, 1.165) is 5.56 Å². The Morgan fingerprint density at radius 1 is 0.917 bits per heavy atom. The molecule has 0 spiro atoms. The van der Waals surface area contributed by atoms with Crippen LogP contribution < -0.4 is 33.8 Å². The van der Waals surface area contributed by atoms with Crippen molar-refractivity contribution >= 4 is 11.0 Å². The highest BCUT2D eigenvalue weighted by Gasteiger charge is 2.29. The van der Waals surface area contributed by atoms with Crippen LogP contribution in [0, 0.1) is 0 Å². The number of ether oxygens (including phenoxy) is 6. The van der Waals surface area contributed by atoms with Crippen molar-refractivity contribution in [2.75, 3.05) is 27.6 Å². The molecule has 0 amide bonds. The number of benzene rings is 3. The Labute approximate surface area is 207 Å². The molecule has 8 nitrogen and oxygen atoms in total. The Balaban J connectivity index is 1.61. The molecule has 3 aromatic carbocycles. The molecule has 2 heterocycles. The fourth-order valence-electron chi connectivity index (χ4n) is 4.00. The van der Waals surface area contributed by atoms with Crippen molar-refractivity contribution in [2.45, 2.75) is 6.61 Å². The summed E-state index contributed by atoms with van der Waals surface area (Å²) < 4.78 is 39.9. The van der Waals surface area contributed by atoms with E-state index in [-0.39, 0.29) is 24.4 Å². The fourth-order valence-corrected chi connectivity index (χ4v) is 4.00. The van der Waals surface area contributed by atoms with E-state index in [1.165, 1.54) is 20.5 Å². The lowest BCUT2D eigenvalue weighted by Crippen LogP contribution is -2.08. The molecule has 0 saturated heterocycles. The summed E-state index contributed by atoms with van der Waals surface area (Å²) in [7, 11) is 3.00. The van der Waals surface area contributed by atoms with Crippen molar-refractivity contribution in [1.82, 2.24) is 0 Å². The summed E-state index contributed by atoms with van der Waals surface area (Å²) in [6.07, 6.45) is 3.00. The molecule has 5 rings (SSSR count). The minimum Gasteiger partial charge on any atom is -0.493 e. The first-order valence-corrected chi connectivity index (χ1v) is 11.2. The summed E-state index contributed by atoms with van der Waals surface area (Å²) in [6.45, 7) is 4.29. The molecule has 0 aliphatic carbocycles. The van der Waals surface area contributed by atoms with Crippen LogP contribution in [-0.4, -0.2) is 27.6 Å². The minimum atomic E-state index is -0.284. The number of rotatable bonds is 9. The molecule has 0 saturated carbocycles. The molecule has 8 heteroatoms. The molecule has 36 heavy (non-hydrogen) atoms. The molecule has 0 bridgehead atoms. The van der Waals surface area contributed by atoms with E-state index in [1.54, 1.807) is 24.3 Å². The Bertz CT molecular complexity index is 1470. The van der Waals surface area contributed by atoms with Crippen LogP contribution in [0.4, 0.5) is 0 Å². The summed E-state index contributed by atoms with van der Waals surface area (Å²) >= 11 is 0. The normalized spacial score (nSPS) is 11.8. The smallest absolute Gasteiger partial charge is 0.231 e. The lowest BCUT2D eigenvalue weighted by atomic mass is 10.0. The SMILES string of the molecule is C=CCOc1cc2c(=O)c(-c3cc(OC)c4c(c3OC)OCO4)coc2cc1OCc1ccccc1. The zero-order valence-corrected chi connectivity index (χ0v) is 19.9. The van der Waals surface area contributed by atoms with E-state index in [0.29, 0.717) is 57.6 Å². The zero-order chi connectivity index (χ0) is 25.1. The first-order valence-electron chi connectivity index (χ1n) is 11.2. The Kier molecular flexibility index (Phi) is 6.40. The van der Waals surface area contributed by atoms with E-state index >= 15 is 0 Å². The van der Waals surface area contributed by atoms with E-state index in [4.69, 9.17) is 32.8 Å². The van der Waals surface area contributed by atoms with Crippen LogP contribution in [0.5, 0.6) is 34.5 Å². The van der Waals surface area contributed by atoms with Crippen LogP contribution in [0.2, 0.25) is 0 Å². The van der Waals surface area contributed by atoms with Crippen LogP contribution in [0.3, 0.4) is 0 Å². The van der Waals surface area contributed by atoms with Gasteiger partial charge in [0.05, 0.1) is 25.2 Å². The van der Waals surface area contributed by atoms with Gasteiger partial charge in [-0.25, -0.2) is 0 Å². The second-order valence-corrected chi connectivity index (χ2v) is 7.87. The van der Waals surface area contributed by atoms with Gasteiger partial charge in [-0.15, -0.1) is 0 Å². The summed E-state index contributed by atoms with van der Waals surface area (Å²) in [5.41, 5.74) is 1.78. The van der Waals surface area contributed by atoms with E-state index in [1.807, 2.05) is 30.3 Å². The number of fused-ring (bicyclic) bond motifs is 2. The molecule has 184 valence electrons. The topological polar surface area (TPSA) is 85.6 Å². The molecule has 1 aliphatic rings. The van der Waals surface area contributed by atoms with Gasteiger partial charge in [0.1, 0.15) is 25.1 Å². The molecule has 0 N–H and O–H groups in total. The van der Waals surface area contributed by atoms with Crippen molar-refractivity contribution in [2.24, 2.45) is 0 Å². The van der Waals surface area contributed by atoms with Crippen molar-refractivity contribution in [3.05, 3.63) is 83.2 Å². The lowest BCUT2D eigenvalue weighted by molar-refractivity contribution is 0.168. The first-order chi connectivity index (χ1) is 17.6. The third-order valence-electron chi connectivity index (χ3n) is 5.71. The third kappa shape index (κ3) is 4.17. The first kappa shape index (κ1) is 23.2. The van der Waals surface area contributed by atoms with Gasteiger partial charge in [0.2, 0.25) is 23.7 Å². The van der Waals surface area contributed by atoms with Crippen LogP contribution >= 0.6 is 0 Å². The highest BCUT2D eigenvalue weighted by Crippen LogP contribution is 2.52. The predicted octanol–water partition coefficient (Wildman–Crippen LogP) is 5.35. The van der Waals surface area contributed by atoms with Gasteiger partial charge in [-0.1, -0.05) is 43.0 Å². The summed E-state index contributed by atoms with van der Waals surface area (Å²) in [4.78, 5) is 13.7. The number of hydrogen-bond donors (Lipinski definition) is 0. The van der Waals surface area contributed by atoms with E-state index < -0.39 is 0 Å². The maximum Gasteiger partial charge on any atom is 0.231 e. The average molecular weight is 488 g/mol. The highest BCUT2D eigenvalue weighted by atomic mass is 16.7. The standard InChI is InChI=1S/C28H24O8/c1-4-10-32-22-12-19-21(13-23(22)33-14-17-8-6-5-7-9-17)34-15-20(25(19)29)18-11-24(30-2)27-28(26(18)31-3)36-16-35-27/h4-9,11-13,15H,1,10,14,16H2,2-3H3. The predicted molar refractivity (Wildman–Crippen MR) is 134 cm³/mol. The van der Waals surface area contributed by atoms with Crippen molar-refractivity contribution in [3.63, 3.8) is 0 Å². The molecule has 0 atom stereocenters. The second kappa shape index (κ2) is 9.95. The lowest BCUT2D eigenvalue weighted by Gasteiger charge is -2.15. The summed E-state index contributed by atoms with van der Waals surface area (Å²) in [6, 6.07) is 14.7. The van der Waals surface area contributed by atoms with Gasteiger partial charge in [-0.3, -0.25) is 4.79 Å². The zero-order valence-electron chi connectivity index (χ0n) is 19.9. The molecule has 0 fully saturated rings. The van der Waals surface area contributed by atoms with Crippen molar-refractivity contribution in [3.8, 4) is 45.6 Å². The maximum atomic E-state index is 13.7. The molecule has 1 aromatic heterocycles. The summed E-state index contributed by atoms with van der Waals surface area (Å²) in [5, 5.41) is 0.317. The molecule has 4 aromatic rings. The van der Waals surface area contributed by atoms with Gasteiger partial charge in [0, 0.05) is 11.6 Å². The van der Waals surface area contributed by atoms with Crippen LogP contribution in [0.1, 0.15) is 5.56 Å². The Morgan fingerprint density at radius 2 is 1.69 bits per heavy atom. The van der Waals surface area contributed by atoms with Crippen LogP contribution in [-0.2, 0) is 6.61 Å². The summed E-state index contributed by atoms with van der Waals surface area (Å²) in [5.74, 6) is 2.40. The molecular weight excluding hydrogens is 464 g/mol. The molecule has 0 radical (unpaired) electrons. The van der Waals surface area contributed by atoms with Gasteiger partial charge < -0.3 is 32.8 Å². The van der Waals surface area contributed by atoms with E-state index in [9.17, 15) is 4.79 Å². The number of methoxy groups -OCH3 is 2. The number of hydrogen-bond acceptors (Lipinski definition) is 8. The van der Waals surface area contributed by atoms with Crippen molar-refractivity contribution in [1.29, 1.82) is 0 Å². The van der Waals surface area contributed by atoms with Crippen LogP contribution in [0.25, 0.3) is 22.1 Å². The maximum absolute atomic E-state index is 13.7. The van der Waals surface area contributed by atoms with Gasteiger partial charge in [-0.2, -0.15) is 0 Å². The van der Waals surface area contributed by atoms with E-state index in [2.05, 4.69) is 6.58 Å². The minimum absolute atomic E-state index is 0.0214. The van der Waals surface area contributed by atoms with Gasteiger partial charge in [0.15, 0.2) is 23.0 Å². The monoisotopic (exact) mass is 488 g/mol. The largest absolute Gasteiger partial charge is 0.493 e. The third-order valence-corrected chi connectivity index (χ3v) is 5.71. The quantitative estimate of drug-likeness (QED) is 0.292.